The van der Waals surface area contributed by atoms with E-state index < -0.39 is 17.8 Å². The molecule has 4 heteroatoms. The molecule has 0 aliphatic rings. The van der Waals surface area contributed by atoms with Crippen LogP contribution in [0.1, 0.15) is 22.8 Å². The molecule has 0 fully saturated rings. The molecule has 22 heavy (non-hydrogen) atoms. The van der Waals surface area contributed by atoms with Gasteiger partial charge in [0.15, 0.2) is 0 Å². The monoisotopic (exact) mass is 302 g/mol. The Kier molecular flexibility index (Phi) is 3.62. The second-order valence-corrected chi connectivity index (χ2v) is 5.09. The van der Waals surface area contributed by atoms with E-state index in [9.17, 15) is 18.3 Å². The van der Waals surface area contributed by atoms with Crippen molar-refractivity contribution in [1.82, 2.24) is 0 Å². The van der Waals surface area contributed by atoms with E-state index in [1.807, 2.05) is 24.3 Å². The van der Waals surface area contributed by atoms with Crippen LogP contribution in [0, 0.1) is 0 Å². The Morgan fingerprint density at radius 2 is 1.41 bits per heavy atom. The standard InChI is InChI=1S/C18H13F3O/c19-18(20,21)16-8-4-3-7-15(16)17(22)14-10-9-12-5-1-2-6-13(12)11-14/h1-11,17,22H. The van der Waals surface area contributed by atoms with E-state index in [2.05, 4.69) is 0 Å². The molecule has 112 valence electrons. The van der Waals surface area contributed by atoms with Crippen LogP contribution < -0.4 is 0 Å². The number of aliphatic hydroxyl groups is 1. The molecule has 0 saturated carbocycles. The minimum Gasteiger partial charge on any atom is -0.384 e. The number of hydrogen-bond acceptors (Lipinski definition) is 1. The van der Waals surface area contributed by atoms with Gasteiger partial charge in [-0.2, -0.15) is 13.2 Å². The Morgan fingerprint density at radius 1 is 0.773 bits per heavy atom. The minimum atomic E-state index is -4.49. The molecule has 0 aromatic heterocycles. The molecule has 0 aliphatic heterocycles. The van der Waals surface area contributed by atoms with Crippen LogP contribution in [-0.4, -0.2) is 5.11 Å². The van der Waals surface area contributed by atoms with Gasteiger partial charge in [0, 0.05) is 0 Å². The first kappa shape index (κ1) is 14.6. The summed E-state index contributed by atoms with van der Waals surface area (Å²) in [6, 6.07) is 17.8. The van der Waals surface area contributed by atoms with Crippen LogP contribution >= 0.6 is 0 Å². The number of hydrogen-bond donors (Lipinski definition) is 1. The third kappa shape index (κ3) is 2.70. The van der Waals surface area contributed by atoms with Crippen molar-refractivity contribution in [3.63, 3.8) is 0 Å². The van der Waals surface area contributed by atoms with Crippen LogP contribution in [0.3, 0.4) is 0 Å². The van der Waals surface area contributed by atoms with Gasteiger partial charge >= 0.3 is 6.18 Å². The van der Waals surface area contributed by atoms with E-state index in [4.69, 9.17) is 0 Å². The number of aliphatic hydroxyl groups excluding tert-OH is 1. The van der Waals surface area contributed by atoms with E-state index in [1.54, 1.807) is 18.2 Å². The first-order chi connectivity index (χ1) is 10.5. The van der Waals surface area contributed by atoms with Gasteiger partial charge in [0.05, 0.1) is 5.56 Å². The summed E-state index contributed by atoms with van der Waals surface area (Å²) in [5, 5.41) is 12.2. The summed E-state index contributed by atoms with van der Waals surface area (Å²) in [6.45, 7) is 0. The summed E-state index contributed by atoms with van der Waals surface area (Å²) < 4.78 is 39.2. The first-order valence-corrected chi connectivity index (χ1v) is 6.80. The van der Waals surface area contributed by atoms with Crippen molar-refractivity contribution in [3.8, 4) is 0 Å². The van der Waals surface area contributed by atoms with Crippen LogP contribution in [0.15, 0.2) is 66.7 Å². The van der Waals surface area contributed by atoms with Gasteiger partial charge in [-0.15, -0.1) is 0 Å². The highest BCUT2D eigenvalue weighted by Gasteiger charge is 2.34. The van der Waals surface area contributed by atoms with Gasteiger partial charge < -0.3 is 5.11 Å². The fourth-order valence-electron chi connectivity index (χ4n) is 2.55. The molecule has 3 rings (SSSR count). The zero-order valence-electron chi connectivity index (χ0n) is 11.5. The maximum absolute atomic E-state index is 13.1. The quantitative estimate of drug-likeness (QED) is 0.711. The van der Waals surface area contributed by atoms with Crippen molar-refractivity contribution < 1.29 is 18.3 Å². The average Bonchev–Trinajstić information content (AvgIpc) is 2.53. The molecular formula is C18H13F3O. The van der Waals surface area contributed by atoms with Crippen LogP contribution in [0.5, 0.6) is 0 Å². The topological polar surface area (TPSA) is 20.2 Å². The molecule has 1 unspecified atom stereocenters. The van der Waals surface area contributed by atoms with Crippen molar-refractivity contribution in [3.05, 3.63) is 83.4 Å². The zero-order chi connectivity index (χ0) is 15.7. The van der Waals surface area contributed by atoms with Crippen molar-refractivity contribution in [2.45, 2.75) is 12.3 Å². The van der Waals surface area contributed by atoms with E-state index >= 15 is 0 Å². The van der Waals surface area contributed by atoms with Crippen molar-refractivity contribution >= 4 is 10.8 Å². The summed E-state index contributed by atoms with van der Waals surface area (Å²) in [4.78, 5) is 0. The van der Waals surface area contributed by atoms with Crippen LogP contribution in [-0.2, 0) is 6.18 Å². The van der Waals surface area contributed by atoms with Gasteiger partial charge in [0.25, 0.3) is 0 Å². The predicted molar refractivity (Wildman–Crippen MR) is 79.5 cm³/mol. The smallest absolute Gasteiger partial charge is 0.384 e. The molecule has 3 aromatic rings. The van der Waals surface area contributed by atoms with Gasteiger partial charge in [0.1, 0.15) is 6.10 Å². The molecular weight excluding hydrogens is 289 g/mol. The third-order valence-corrected chi connectivity index (χ3v) is 3.65. The molecule has 1 atom stereocenters. The fourth-order valence-corrected chi connectivity index (χ4v) is 2.55. The molecule has 1 N–H and O–H groups in total. The van der Waals surface area contributed by atoms with Crippen molar-refractivity contribution in [2.24, 2.45) is 0 Å². The Bertz CT molecular complexity index is 809. The highest BCUT2D eigenvalue weighted by Crippen LogP contribution is 2.36. The molecule has 0 heterocycles. The number of rotatable bonds is 2. The second kappa shape index (κ2) is 5.46. The Hall–Kier alpha value is -2.33. The summed E-state index contributed by atoms with van der Waals surface area (Å²) in [5.41, 5.74) is -0.503. The normalized spacial score (nSPS) is 13.3. The summed E-state index contributed by atoms with van der Waals surface area (Å²) in [5.74, 6) is 0. The molecule has 1 nitrogen and oxygen atoms in total. The molecule has 0 bridgehead atoms. The maximum Gasteiger partial charge on any atom is 0.416 e. The molecule has 0 spiro atoms. The Balaban J connectivity index is 2.08. The molecule has 0 saturated heterocycles. The highest BCUT2D eigenvalue weighted by molar-refractivity contribution is 5.83. The predicted octanol–water partition coefficient (Wildman–Crippen LogP) is 4.94. The Morgan fingerprint density at radius 3 is 2.14 bits per heavy atom. The average molecular weight is 302 g/mol. The molecule has 0 amide bonds. The molecule has 0 radical (unpaired) electrons. The molecule has 0 aliphatic carbocycles. The summed E-state index contributed by atoms with van der Waals surface area (Å²) in [7, 11) is 0. The zero-order valence-corrected chi connectivity index (χ0v) is 11.5. The molecule has 3 aromatic carbocycles. The number of fused-ring (bicyclic) bond motifs is 1. The SMILES string of the molecule is OC(c1ccc2ccccc2c1)c1ccccc1C(F)(F)F. The summed E-state index contributed by atoms with van der Waals surface area (Å²) in [6.07, 6.45) is -5.81. The second-order valence-electron chi connectivity index (χ2n) is 5.09. The largest absolute Gasteiger partial charge is 0.416 e. The lowest BCUT2D eigenvalue weighted by atomic mass is 9.95. The van der Waals surface area contributed by atoms with Crippen molar-refractivity contribution in [2.75, 3.05) is 0 Å². The lowest BCUT2D eigenvalue weighted by molar-refractivity contribution is -0.139. The summed E-state index contributed by atoms with van der Waals surface area (Å²) >= 11 is 0. The van der Waals surface area contributed by atoms with E-state index in [-0.39, 0.29) is 5.56 Å². The lowest BCUT2D eigenvalue weighted by Crippen LogP contribution is -2.12. The van der Waals surface area contributed by atoms with Gasteiger partial charge in [-0.3, -0.25) is 0 Å². The number of benzene rings is 3. The highest BCUT2D eigenvalue weighted by atomic mass is 19.4. The van der Waals surface area contributed by atoms with Crippen LogP contribution in [0.2, 0.25) is 0 Å². The van der Waals surface area contributed by atoms with E-state index in [0.29, 0.717) is 5.56 Å². The van der Waals surface area contributed by atoms with Crippen LogP contribution in [0.25, 0.3) is 10.8 Å². The number of alkyl halides is 3. The maximum atomic E-state index is 13.1. The minimum absolute atomic E-state index is 0.134. The fraction of sp³-hybridized carbons (Fsp3) is 0.111. The van der Waals surface area contributed by atoms with E-state index in [1.165, 1.54) is 18.2 Å². The lowest BCUT2D eigenvalue weighted by Gasteiger charge is -2.18. The first-order valence-electron chi connectivity index (χ1n) is 6.80. The third-order valence-electron chi connectivity index (χ3n) is 3.65. The Labute approximate surface area is 125 Å². The van der Waals surface area contributed by atoms with Gasteiger partial charge in [0.2, 0.25) is 0 Å². The van der Waals surface area contributed by atoms with E-state index in [0.717, 1.165) is 16.8 Å². The van der Waals surface area contributed by atoms with Gasteiger partial charge in [-0.1, -0.05) is 54.6 Å². The van der Waals surface area contributed by atoms with Gasteiger partial charge in [-0.05, 0) is 34.0 Å². The van der Waals surface area contributed by atoms with Gasteiger partial charge in [-0.25, -0.2) is 0 Å². The number of halogens is 3. The van der Waals surface area contributed by atoms with Crippen molar-refractivity contribution in [1.29, 1.82) is 0 Å². The van der Waals surface area contributed by atoms with Crippen LogP contribution in [0.4, 0.5) is 13.2 Å².